The van der Waals surface area contributed by atoms with Crippen molar-refractivity contribution in [1.29, 1.82) is 0 Å². The molecule has 596 valence electrons. The van der Waals surface area contributed by atoms with E-state index < -0.39 is 46.5 Å². The SMILES string of the molecule is C.C=Cc1ccccc1.CC(C)(C)[Si](C)(C)OCC(CBr)(CBr)CO[Si](C)(C)C(C)(C)C.CC(C)(C)[Si](C)(C)[P+](=S)[S-].CCC(C)CC(CC(CO[Si](C)(C)C(C)(C)C)(CO[Si](C)(C)C(C)(C)C)CC(CC(C)CC)c1ccccc1)c1ccccc1.CCC(C)C[CH-]c1ccccc1.C[CH-]CC.[Li+].[Li+]. The van der Waals surface area contributed by atoms with E-state index >= 15 is 0 Å². The van der Waals surface area contributed by atoms with Gasteiger partial charge in [-0.15, -0.1) is 12.1 Å². The Bertz CT molecular complexity index is 2700. The third-order valence-electron chi connectivity index (χ3n) is 23.4. The smallest absolute Gasteiger partial charge is 0.496 e. The molecule has 4 nitrogen and oxygen atoms in total. The van der Waals surface area contributed by atoms with Crippen LogP contribution in [0.15, 0.2) is 128 Å². The van der Waals surface area contributed by atoms with E-state index in [0.29, 0.717) is 28.7 Å². The van der Waals surface area contributed by atoms with Gasteiger partial charge < -0.3 is 36.4 Å². The van der Waals surface area contributed by atoms with Gasteiger partial charge in [-0.3, -0.25) is 0 Å². The average molecular weight is 1710 g/mol. The molecule has 4 aromatic carbocycles. The Balaban J connectivity index is -0.000000457. The maximum atomic E-state index is 7.32. The summed E-state index contributed by atoms with van der Waals surface area (Å²) in [6.07, 6.45) is 16.9. The van der Waals surface area contributed by atoms with Crippen LogP contribution in [0.5, 0.6) is 0 Å². The summed E-state index contributed by atoms with van der Waals surface area (Å²) >= 11 is 17.8. The summed E-state index contributed by atoms with van der Waals surface area (Å²) in [5, 5.41) is 2.93. The molecule has 0 aromatic heterocycles. The zero-order chi connectivity index (χ0) is 79.5. The van der Waals surface area contributed by atoms with Crippen molar-refractivity contribution < 1.29 is 55.4 Å². The molecule has 0 amide bonds. The Morgan fingerprint density at radius 3 is 0.943 bits per heavy atom. The molecular weight excluding hydrogens is 1540 g/mol. The van der Waals surface area contributed by atoms with E-state index in [4.69, 9.17) is 41.8 Å². The van der Waals surface area contributed by atoms with Crippen molar-refractivity contribution >= 4 is 108 Å². The molecule has 0 fully saturated rings. The van der Waals surface area contributed by atoms with Gasteiger partial charge in [0.1, 0.15) is 11.8 Å². The number of hydrogen-bond donors (Lipinski definition) is 0. The molecule has 0 radical (unpaired) electrons. The fourth-order valence-corrected chi connectivity index (χ4v) is 22.3. The number of rotatable bonds is 33. The van der Waals surface area contributed by atoms with Crippen LogP contribution in [0.1, 0.15) is 259 Å². The summed E-state index contributed by atoms with van der Waals surface area (Å²) in [6.45, 7) is 83.2. The number of alkyl halides is 2. The van der Waals surface area contributed by atoms with Gasteiger partial charge in [0.15, 0.2) is 33.3 Å². The summed E-state index contributed by atoms with van der Waals surface area (Å²) in [5.41, 5.74) is 4.82. The molecule has 0 saturated carbocycles. The molecule has 0 bridgehead atoms. The molecule has 4 aromatic rings. The van der Waals surface area contributed by atoms with Crippen molar-refractivity contribution in [1.82, 2.24) is 0 Å². The topological polar surface area (TPSA) is 36.9 Å². The molecule has 4 rings (SSSR count). The first-order valence-electron chi connectivity index (χ1n) is 38.9. The van der Waals surface area contributed by atoms with E-state index in [9.17, 15) is 0 Å². The van der Waals surface area contributed by atoms with E-state index in [2.05, 4.69) is 367 Å². The van der Waals surface area contributed by atoms with Gasteiger partial charge in [0.05, 0.1) is 0 Å². The van der Waals surface area contributed by atoms with Crippen molar-refractivity contribution in [2.75, 3.05) is 37.1 Å². The second-order valence-corrected chi connectivity index (χ2v) is 72.5. The first-order chi connectivity index (χ1) is 46.7. The first kappa shape index (κ1) is 114. The standard InChI is InChI=1S/C41H72O2Si2.C17H38Br2O2Si2.C12H17.C8H8.C6H15PS2Si.C4H9.CH4.2Li/c1-15-33(3)27-37(35-23-19-17-20-24-35)29-41(31-42-44(11,12)39(5,6)7,32-43-45(13,14)40(8,9)10)30-38(28-34(4)16-2)36-25-21-18-22-26-36;1-15(2,3)22(7,8)20-13-17(11-18,12-19)14-21-23(9,10)16(4,5)6;1-3-11(2)9-10-12-7-5-4-6-8-12;1-2-8-6-4-3-5-7-8;1-6(2,3)10(4,5)7(8)9;1-3-4-2;;;/h17-26,33-34,37-38H,15-16,27-32H2,1-14H3;11-14H2,1-10H3;4-8,10-11H,3,9H2,1-2H3;2-7H,1H2;1-5H3;3H,4H2,1-2H3;1H4;;/q;;-1;;;-1;;2*+1. The Hall–Kier alpha value is 0.439. The molecule has 6 atom stereocenters. The third-order valence-corrected chi connectivity index (χ3v) is 61.2. The van der Waals surface area contributed by atoms with Crippen LogP contribution in [0, 0.1) is 41.4 Å². The van der Waals surface area contributed by atoms with E-state index in [-0.39, 0.29) is 76.1 Å². The van der Waals surface area contributed by atoms with Crippen LogP contribution in [0.2, 0.25) is 90.7 Å². The molecule has 6 unspecified atom stereocenters. The minimum atomic E-state index is -2.01. The maximum absolute atomic E-state index is 7.32. The van der Waals surface area contributed by atoms with Crippen molar-refractivity contribution in [2.45, 2.75) is 327 Å². The molecule has 105 heavy (non-hydrogen) atoms. The van der Waals surface area contributed by atoms with Crippen LogP contribution < -0.4 is 37.7 Å². The van der Waals surface area contributed by atoms with Crippen LogP contribution in [-0.4, -0.2) is 78.1 Å². The van der Waals surface area contributed by atoms with Gasteiger partial charge in [-0.25, -0.2) is 0 Å². The van der Waals surface area contributed by atoms with E-state index in [1.54, 1.807) is 0 Å². The van der Waals surface area contributed by atoms with Crippen molar-refractivity contribution in [3.8, 4) is 0 Å². The number of hydrogen-bond acceptors (Lipinski definition) is 6. The van der Waals surface area contributed by atoms with Crippen LogP contribution >= 0.6 is 37.3 Å². The molecule has 0 saturated heterocycles. The predicted molar refractivity (Wildman–Crippen MR) is 497 cm³/mol. The zero-order valence-corrected chi connectivity index (χ0v) is 84.8. The summed E-state index contributed by atoms with van der Waals surface area (Å²) < 4.78 is 27.7. The summed E-state index contributed by atoms with van der Waals surface area (Å²) in [5.74, 6) is 3.07. The fourth-order valence-electron chi connectivity index (χ4n) is 9.22. The fraction of sp³-hybridized carbons (Fsp3) is 0.685. The quantitative estimate of drug-likeness (QED) is 0.0156. The Kier molecular flexibility index (Phi) is 58.2. The third kappa shape index (κ3) is 44.2. The van der Waals surface area contributed by atoms with E-state index in [1.807, 2.05) is 36.4 Å². The van der Waals surface area contributed by atoms with Gasteiger partial charge >= 0.3 is 37.7 Å². The van der Waals surface area contributed by atoms with Gasteiger partial charge in [0.2, 0.25) is 0 Å². The molecule has 16 heteroatoms. The average Bonchev–Trinajstić information content (AvgIpc) is 0.796. The van der Waals surface area contributed by atoms with Gasteiger partial charge in [0, 0.05) is 47.9 Å². The number of benzene rings is 4. The van der Waals surface area contributed by atoms with Crippen LogP contribution in [-0.2, 0) is 41.8 Å². The van der Waals surface area contributed by atoms with Crippen molar-refractivity contribution in [3.63, 3.8) is 0 Å². The van der Waals surface area contributed by atoms with Crippen LogP contribution in [0.3, 0.4) is 0 Å². The minimum Gasteiger partial charge on any atom is -0.496 e. The molecule has 0 aliphatic carbocycles. The molecular formula is C89H163Br2Li2O4PS2Si5. The van der Waals surface area contributed by atoms with Crippen LogP contribution in [0.25, 0.3) is 6.08 Å². The second kappa shape index (κ2) is 53.6. The van der Waals surface area contributed by atoms with E-state index in [1.165, 1.54) is 67.2 Å². The number of halogens is 2. The van der Waals surface area contributed by atoms with Gasteiger partial charge in [0.25, 0.3) is 7.74 Å². The zero-order valence-electron chi connectivity index (χ0n) is 74.1. The summed E-state index contributed by atoms with van der Waals surface area (Å²) in [4.78, 5) is 0. The number of unbranched alkanes of at least 4 members (excludes halogenated alkanes) is 1. The predicted octanol–water partition coefficient (Wildman–Crippen LogP) is 25.7. The van der Waals surface area contributed by atoms with Gasteiger partial charge in [-0.1, -0.05) is 333 Å². The molecule has 0 N–H and O–H groups in total. The molecule has 0 spiro atoms. The van der Waals surface area contributed by atoms with Crippen molar-refractivity contribution in [2.24, 2.45) is 28.6 Å². The molecule has 0 aliphatic rings. The normalized spacial score (nSPS) is 14.1. The largest absolute Gasteiger partial charge is 1.00 e. The Morgan fingerprint density at radius 1 is 0.467 bits per heavy atom. The summed E-state index contributed by atoms with van der Waals surface area (Å²) in [6, 6.07) is 43.3. The Morgan fingerprint density at radius 2 is 0.733 bits per heavy atom. The first-order valence-corrected chi connectivity index (χ1v) is 60.0. The summed E-state index contributed by atoms with van der Waals surface area (Å²) in [7, 11) is -8.79. The monoisotopic (exact) mass is 1700 g/mol. The van der Waals surface area contributed by atoms with Gasteiger partial charge in [-0.05, 0) is 162 Å². The van der Waals surface area contributed by atoms with Crippen LogP contribution in [0.4, 0.5) is 0 Å². The molecule has 0 heterocycles. The Labute approximate surface area is 712 Å². The maximum Gasteiger partial charge on any atom is 1.00 e. The minimum absolute atomic E-state index is 0. The molecule has 0 aliphatic heterocycles. The second-order valence-electron chi connectivity index (χ2n) is 37.4. The van der Waals surface area contributed by atoms with E-state index in [0.717, 1.165) is 55.8 Å². The van der Waals surface area contributed by atoms with Crippen molar-refractivity contribution in [3.05, 3.63) is 163 Å². The van der Waals surface area contributed by atoms with Gasteiger partial charge in [-0.2, -0.15) is 37.5 Å².